The molecule has 2 aliphatic rings. The van der Waals surface area contributed by atoms with Crippen molar-refractivity contribution in [1.29, 1.82) is 0 Å². The van der Waals surface area contributed by atoms with E-state index >= 15 is 0 Å². The first-order chi connectivity index (χ1) is 8.68. The molecular formula is C15H15O3-. The Hall–Kier alpha value is -1.64. The molecule has 0 amide bonds. The number of rotatable bonds is 3. The Bertz CT molecular complexity index is 480. The molecule has 2 saturated carbocycles. The molecular weight excluding hydrogens is 228 g/mol. The van der Waals surface area contributed by atoms with Gasteiger partial charge in [-0.2, -0.15) is 0 Å². The third-order valence-electron chi connectivity index (χ3n) is 4.55. The third kappa shape index (κ3) is 1.65. The zero-order valence-corrected chi connectivity index (χ0v) is 10.0. The van der Waals surface area contributed by atoms with Gasteiger partial charge in [0.05, 0.1) is 0 Å². The van der Waals surface area contributed by atoms with Crippen molar-refractivity contribution >= 4 is 11.8 Å². The number of benzene rings is 1. The van der Waals surface area contributed by atoms with E-state index in [1.54, 1.807) is 12.1 Å². The number of carboxylic acids is 1. The van der Waals surface area contributed by atoms with E-state index in [0.29, 0.717) is 5.56 Å². The van der Waals surface area contributed by atoms with Crippen molar-refractivity contribution in [2.24, 2.45) is 23.7 Å². The van der Waals surface area contributed by atoms with Crippen LogP contribution in [0, 0.1) is 23.7 Å². The zero-order chi connectivity index (χ0) is 12.7. The lowest BCUT2D eigenvalue weighted by atomic mass is 9.75. The molecule has 2 bridgehead atoms. The topological polar surface area (TPSA) is 57.2 Å². The Labute approximate surface area is 106 Å². The van der Waals surface area contributed by atoms with Gasteiger partial charge in [-0.3, -0.25) is 4.79 Å². The molecule has 3 heteroatoms. The fourth-order valence-electron chi connectivity index (χ4n) is 3.80. The minimum Gasteiger partial charge on any atom is -0.550 e. The van der Waals surface area contributed by atoms with Crippen LogP contribution in [0.2, 0.25) is 0 Å². The van der Waals surface area contributed by atoms with Crippen molar-refractivity contribution in [2.75, 3.05) is 0 Å². The number of aliphatic carboxylic acids is 1. The van der Waals surface area contributed by atoms with Gasteiger partial charge in [0.25, 0.3) is 0 Å². The van der Waals surface area contributed by atoms with Crippen LogP contribution in [-0.4, -0.2) is 11.8 Å². The lowest BCUT2D eigenvalue weighted by Gasteiger charge is -2.30. The van der Waals surface area contributed by atoms with Gasteiger partial charge in [-0.15, -0.1) is 0 Å². The first-order valence-electron chi connectivity index (χ1n) is 6.48. The van der Waals surface area contributed by atoms with E-state index in [4.69, 9.17) is 0 Å². The summed E-state index contributed by atoms with van der Waals surface area (Å²) in [4.78, 5) is 23.7. The molecule has 0 spiro atoms. The van der Waals surface area contributed by atoms with E-state index in [-0.39, 0.29) is 23.5 Å². The average molecular weight is 243 g/mol. The summed E-state index contributed by atoms with van der Waals surface area (Å²) in [6.07, 6.45) is 2.79. The van der Waals surface area contributed by atoms with Crippen LogP contribution in [0.1, 0.15) is 29.6 Å². The normalized spacial score (nSPS) is 33.6. The number of hydrogen-bond acceptors (Lipinski definition) is 3. The molecule has 0 aromatic heterocycles. The SMILES string of the molecule is O=C([O-])[C@H]1[C@H]2CC[C@H](C2)[C@@H]1C(=O)c1ccccc1. The van der Waals surface area contributed by atoms with Crippen molar-refractivity contribution in [2.45, 2.75) is 19.3 Å². The van der Waals surface area contributed by atoms with Crippen LogP contribution in [0.15, 0.2) is 30.3 Å². The monoisotopic (exact) mass is 243 g/mol. The minimum atomic E-state index is -1.04. The van der Waals surface area contributed by atoms with Gasteiger partial charge in [0, 0.05) is 23.4 Å². The van der Waals surface area contributed by atoms with E-state index in [1.165, 1.54) is 0 Å². The van der Waals surface area contributed by atoms with Crippen molar-refractivity contribution in [3.8, 4) is 0 Å². The van der Waals surface area contributed by atoms with Crippen molar-refractivity contribution in [1.82, 2.24) is 0 Å². The largest absolute Gasteiger partial charge is 0.550 e. The second-order valence-electron chi connectivity index (χ2n) is 5.43. The maximum atomic E-state index is 12.5. The maximum absolute atomic E-state index is 12.5. The summed E-state index contributed by atoms with van der Waals surface area (Å²) in [6.45, 7) is 0. The summed E-state index contributed by atoms with van der Waals surface area (Å²) in [5.74, 6) is -1.61. The summed E-state index contributed by atoms with van der Waals surface area (Å²) >= 11 is 0. The molecule has 4 atom stereocenters. The average Bonchev–Trinajstić information content (AvgIpc) is 2.99. The van der Waals surface area contributed by atoms with E-state index in [2.05, 4.69) is 0 Å². The van der Waals surface area contributed by atoms with Gasteiger partial charge >= 0.3 is 0 Å². The van der Waals surface area contributed by atoms with Crippen LogP contribution >= 0.6 is 0 Å². The number of Topliss-reactive ketones (excluding diaryl/α,β-unsaturated/α-hetero) is 1. The standard InChI is InChI=1S/C15H16O3/c16-14(9-4-2-1-3-5-9)12-10-6-7-11(8-10)13(12)15(17)18/h1-5,10-13H,6-8H2,(H,17,18)/p-1/t10-,11+,12+,13+/m1/s1. The quantitative estimate of drug-likeness (QED) is 0.751. The summed E-state index contributed by atoms with van der Waals surface area (Å²) in [5, 5.41) is 11.3. The summed E-state index contributed by atoms with van der Waals surface area (Å²) in [6, 6.07) is 9.01. The number of fused-ring (bicyclic) bond motifs is 2. The van der Waals surface area contributed by atoms with Gasteiger partial charge in [0.15, 0.2) is 5.78 Å². The highest BCUT2D eigenvalue weighted by Crippen LogP contribution is 2.53. The zero-order valence-electron chi connectivity index (χ0n) is 10.0. The molecule has 94 valence electrons. The molecule has 3 rings (SSSR count). The third-order valence-corrected chi connectivity index (χ3v) is 4.55. The number of hydrogen-bond donors (Lipinski definition) is 0. The summed E-state index contributed by atoms with van der Waals surface area (Å²) < 4.78 is 0. The Kier molecular flexibility index (Phi) is 2.69. The van der Waals surface area contributed by atoms with Gasteiger partial charge in [-0.05, 0) is 31.1 Å². The molecule has 0 N–H and O–H groups in total. The fraction of sp³-hybridized carbons (Fsp3) is 0.467. The first kappa shape index (κ1) is 11.5. The lowest BCUT2D eigenvalue weighted by molar-refractivity contribution is -0.314. The molecule has 0 saturated heterocycles. The Balaban J connectivity index is 1.91. The molecule has 18 heavy (non-hydrogen) atoms. The molecule has 0 heterocycles. The summed E-state index contributed by atoms with van der Waals surface area (Å²) in [7, 11) is 0. The highest BCUT2D eigenvalue weighted by Gasteiger charge is 2.51. The first-order valence-corrected chi connectivity index (χ1v) is 6.48. The second kappa shape index (κ2) is 4.23. The van der Waals surface area contributed by atoms with Crippen LogP contribution < -0.4 is 5.11 Å². The molecule has 0 unspecified atom stereocenters. The maximum Gasteiger partial charge on any atom is 0.166 e. The van der Waals surface area contributed by atoms with Crippen LogP contribution in [0.4, 0.5) is 0 Å². The number of carboxylic acid groups (broad SMARTS) is 1. The van der Waals surface area contributed by atoms with Gasteiger partial charge < -0.3 is 9.90 Å². The van der Waals surface area contributed by atoms with Crippen molar-refractivity contribution in [3.63, 3.8) is 0 Å². The lowest BCUT2D eigenvalue weighted by Crippen LogP contribution is -2.42. The smallest absolute Gasteiger partial charge is 0.166 e. The van der Waals surface area contributed by atoms with Crippen LogP contribution in [0.5, 0.6) is 0 Å². The predicted molar refractivity (Wildman–Crippen MR) is 63.6 cm³/mol. The fourth-order valence-corrected chi connectivity index (χ4v) is 3.80. The second-order valence-corrected chi connectivity index (χ2v) is 5.43. The van der Waals surface area contributed by atoms with Gasteiger partial charge in [-0.25, -0.2) is 0 Å². The van der Waals surface area contributed by atoms with E-state index < -0.39 is 11.9 Å². The molecule has 3 nitrogen and oxygen atoms in total. The molecule has 1 aromatic rings. The Morgan fingerprint density at radius 2 is 1.61 bits per heavy atom. The van der Waals surface area contributed by atoms with Crippen molar-refractivity contribution in [3.05, 3.63) is 35.9 Å². The van der Waals surface area contributed by atoms with Crippen molar-refractivity contribution < 1.29 is 14.7 Å². The minimum absolute atomic E-state index is 0.0167. The molecule has 0 radical (unpaired) electrons. The molecule has 2 aliphatic carbocycles. The van der Waals surface area contributed by atoms with E-state index in [0.717, 1.165) is 19.3 Å². The van der Waals surface area contributed by atoms with Crippen LogP contribution in [-0.2, 0) is 4.79 Å². The predicted octanol–water partition coefficient (Wildman–Crippen LogP) is 1.28. The van der Waals surface area contributed by atoms with E-state index in [1.807, 2.05) is 18.2 Å². The van der Waals surface area contributed by atoms with E-state index in [9.17, 15) is 14.7 Å². The summed E-state index contributed by atoms with van der Waals surface area (Å²) in [5.41, 5.74) is 0.626. The highest BCUT2D eigenvalue weighted by atomic mass is 16.4. The Morgan fingerprint density at radius 3 is 2.22 bits per heavy atom. The van der Waals surface area contributed by atoms with Gasteiger partial charge in [0.2, 0.25) is 0 Å². The van der Waals surface area contributed by atoms with Crippen LogP contribution in [0.3, 0.4) is 0 Å². The number of carbonyl (C=O) groups excluding carboxylic acids is 2. The number of ketones is 1. The van der Waals surface area contributed by atoms with Gasteiger partial charge in [-0.1, -0.05) is 30.3 Å². The molecule has 0 aliphatic heterocycles. The van der Waals surface area contributed by atoms with Crippen LogP contribution in [0.25, 0.3) is 0 Å². The Morgan fingerprint density at radius 1 is 1.00 bits per heavy atom. The molecule has 2 fully saturated rings. The van der Waals surface area contributed by atoms with Gasteiger partial charge in [0.1, 0.15) is 0 Å². The number of carbonyl (C=O) groups is 2. The molecule has 1 aromatic carbocycles. The highest BCUT2D eigenvalue weighted by molar-refractivity contribution is 6.00.